The number of nitrogens with two attached hydrogens (primary N) is 1. The van der Waals surface area contributed by atoms with E-state index in [0.29, 0.717) is 0 Å². The van der Waals surface area contributed by atoms with Crippen molar-refractivity contribution in [2.24, 2.45) is 5.73 Å². The van der Waals surface area contributed by atoms with E-state index >= 15 is 0 Å². The molecule has 2 aromatic carbocycles. The molecular weight excluding hydrogens is 286 g/mol. The molecule has 0 bridgehead atoms. The molecule has 18 heavy (non-hydrogen) atoms. The quantitative estimate of drug-likeness (QED) is 0.898. The van der Waals surface area contributed by atoms with Crippen molar-refractivity contribution in [3.05, 3.63) is 69.2 Å². The summed E-state index contributed by atoms with van der Waals surface area (Å²) in [4.78, 5) is 0. The third kappa shape index (κ3) is 3.01. The van der Waals surface area contributed by atoms with E-state index in [1.54, 1.807) is 0 Å². The van der Waals surface area contributed by atoms with Crippen molar-refractivity contribution >= 4 is 15.9 Å². The Bertz CT molecular complexity index is 528. The van der Waals surface area contributed by atoms with Crippen LogP contribution in [0.1, 0.15) is 28.3 Å². The Labute approximate surface area is 117 Å². The number of rotatable bonds is 3. The summed E-state index contributed by atoms with van der Waals surface area (Å²) in [6.45, 7) is 4.30. The molecule has 0 radical (unpaired) electrons. The van der Waals surface area contributed by atoms with Gasteiger partial charge in [-0.1, -0.05) is 46.3 Å². The molecule has 94 valence electrons. The van der Waals surface area contributed by atoms with E-state index in [1.807, 2.05) is 12.1 Å². The van der Waals surface area contributed by atoms with Gasteiger partial charge in [-0.15, -0.1) is 0 Å². The van der Waals surface area contributed by atoms with Gasteiger partial charge in [-0.2, -0.15) is 0 Å². The average molecular weight is 304 g/mol. The number of halogens is 1. The molecule has 2 heteroatoms. The summed E-state index contributed by atoms with van der Waals surface area (Å²) in [6.07, 6.45) is 0.884. The van der Waals surface area contributed by atoms with Gasteiger partial charge >= 0.3 is 0 Å². The lowest BCUT2D eigenvalue weighted by atomic mass is 9.93. The first-order chi connectivity index (χ1) is 8.58. The Balaban J connectivity index is 2.24. The van der Waals surface area contributed by atoms with Crippen molar-refractivity contribution in [2.75, 3.05) is 0 Å². The van der Waals surface area contributed by atoms with E-state index in [1.165, 1.54) is 22.3 Å². The molecule has 2 aromatic rings. The molecule has 0 aliphatic rings. The number of hydrogen-bond acceptors (Lipinski definition) is 1. The third-order valence-electron chi connectivity index (χ3n) is 3.35. The maximum absolute atomic E-state index is 6.31. The van der Waals surface area contributed by atoms with Crippen molar-refractivity contribution in [1.82, 2.24) is 0 Å². The van der Waals surface area contributed by atoms with E-state index in [-0.39, 0.29) is 6.04 Å². The highest BCUT2D eigenvalue weighted by Crippen LogP contribution is 2.23. The summed E-state index contributed by atoms with van der Waals surface area (Å²) < 4.78 is 1.08. The van der Waals surface area contributed by atoms with E-state index in [9.17, 15) is 0 Å². The van der Waals surface area contributed by atoms with Crippen LogP contribution >= 0.6 is 15.9 Å². The standard InChI is InChI=1S/C16H18BrN/c1-11-5-3-6-12(2)15(11)10-16(18)13-7-4-8-14(17)9-13/h3-9,16H,10,18H2,1-2H3. The van der Waals surface area contributed by atoms with Crippen LogP contribution < -0.4 is 5.73 Å². The fourth-order valence-electron chi connectivity index (χ4n) is 2.25. The van der Waals surface area contributed by atoms with Gasteiger partial charge in [0.1, 0.15) is 0 Å². The molecule has 0 aliphatic carbocycles. The molecule has 0 aliphatic heterocycles. The summed E-state index contributed by atoms with van der Waals surface area (Å²) in [7, 11) is 0. The molecule has 2 N–H and O–H groups in total. The van der Waals surface area contributed by atoms with Crippen LogP contribution in [0.2, 0.25) is 0 Å². The lowest BCUT2D eigenvalue weighted by Crippen LogP contribution is -2.14. The molecular formula is C16H18BrN. The molecule has 1 nitrogen and oxygen atoms in total. The summed E-state index contributed by atoms with van der Waals surface area (Å²) in [6, 6.07) is 14.7. The van der Waals surface area contributed by atoms with Gasteiger partial charge in [0.15, 0.2) is 0 Å². The minimum absolute atomic E-state index is 0.0438. The molecule has 0 saturated heterocycles. The second-order valence-electron chi connectivity index (χ2n) is 4.74. The summed E-state index contributed by atoms with van der Waals surface area (Å²) in [5.74, 6) is 0. The van der Waals surface area contributed by atoms with Gasteiger partial charge in [0.2, 0.25) is 0 Å². The third-order valence-corrected chi connectivity index (χ3v) is 3.84. The minimum atomic E-state index is 0.0438. The first-order valence-corrected chi connectivity index (χ1v) is 6.93. The van der Waals surface area contributed by atoms with E-state index in [2.05, 4.69) is 60.1 Å². The van der Waals surface area contributed by atoms with Gasteiger partial charge in [-0.25, -0.2) is 0 Å². The first kappa shape index (κ1) is 13.3. The molecule has 0 aromatic heterocycles. The smallest absolute Gasteiger partial charge is 0.0336 e. The number of aryl methyl sites for hydroxylation is 2. The van der Waals surface area contributed by atoms with Crippen molar-refractivity contribution in [3.63, 3.8) is 0 Å². The zero-order valence-electron chi connectivity index (χ0n) is 10.8. The molecule has 0 saturated carbocycles. The van der Waals surface area contributed by atoms with Crippen LogP contribution in [0.3, 0.4) is 0 Å². The lowest BCUT2D eigenvalue weighted by molar-refractivity contribution is 0.715. The topological polar surface area (TPSA) is 26.0 Å². The highest BCUT2D eigenvalue weighted by atomic mass is 79.9. The van der Waals surface area contributed by atoms with Crippen LogP contribution in [-0.2, 0) is 6.42 Å². The Morgan fingerprint density at radius 2 is 1.67 bits per heavy atom. The maximum atomic E-state index is 6.31. The lowest BCUT2D eigenvalue weighted by Gasteiger charge is -2.16. The predicted molar refractivity (Wildman–Crippen MR) is 80.7 cm³/mol. The zero-order valence-corrected chi connectivity index (χ0v) is 12.4. The zero-order chi connectivity index (χ0) is 13.1. The summed E-state index contributed by atoms with van der Waals surface area (Å²) in [5, 5.41) is 0. The summed E-state index contributed by atoms with van der Waals surface area (Å²) in [5.41, 5.74) is 11.5. The monoisotopic (exact) mass is 303 g/mol. The van der Waals surface area contributed by atoms with Crippen molar-refractivity contribution in [2.45, 2.75) is 26.3 Å². The predicted octanol–water partition coefficient (Wildman–Crippen LogP) is 4.31. The van der Waals surface area contributed by atoms with Gasteiger partial charge in [0.05, 0.1) is 0 Å². The van der Waals surface area contributed by atoms with Crippen molar-refractivity contribution in [1.29, 1.82) is 0 Å². The van der Waals surface area contributed by atoms with Gasteiger partial charge in [-0.05, 0) is 54.7 Å². The summed E-state index contributed by atoms with van der Waals surface area (Å²) >= 11 is 3.49. The van der Waals surface area contributed by atoms with Crippen LogP contribution in [-0.4, -0.2) is 0 Å². The van der Waals surface area contributed by atoms with Gasteiger partial charge in [0.25, 0.3) is 0 Å². The highest BCUT2D eigenvalue weighted by molar-refractivity contribution is 9.10. The normalized spacial score (nSPS) is 12.4. The second-order valence-corrected chi connectivity index (χ2v) is 5.65. The fourth-order valence-corrected chi connectivity index (χ4v) is 2.66. The molecule has 0 fully saturated rings. The molecule has 2 rings (SSSR count). The van der Waals surface area contributed by atoms with Crippen LogP contribution in [0, 0.1) is 13.8 Å². The van der Waals surface area contributed by atoms with Crippen molar-refractivity contribution in [3.8, 4) is 0 Å². The van der Waals surface area contributed by atoms with Gasteiger partial charge in [-0.3, -0.25) is 0 Å². The molecule has 1 atom stereocenters. The Kier molecular flexibility index (Phi) is 4.20. The van der Waals surface area contributed by atoms with Crippen LogP contribution in [0.4, 0.5) is 0 Å². The Morgan fingerprint density at radius 1 is 1.06 bits per heavy atom. The Hall–Kier alpha value is -1.12. The average Bonchev–Trinajstić information content (AvgIpc) is 2.34. The first-order valence-electron chi connectivity index (χ1n) is 6.14. The molecule has 1 unspecified atom stereocenters. The molecule has 0 amide bonds. The van der Waals surface area contributed by atoms with Crippen LogP contribution in [0.5, 0.6) is 0 Å². The maximum Gasteiger partial charge on any atom is 0.0336 e. The number of hydrogen-bond donors (Lipinski definition) is 1. The van der Waals surface area contributed by atoms with Gasteiger partial charge < -0.3 is 5.73 Å². The van der Waals surface area contributed by atoms with Crippen LogP contribution in [0.15, 0.2) is 46.9 Å². The molecule has 0 heterocycles. The van der Waals surface area contributed by atoms with E-state index < -0.39 is 0 Å². The second kappa shape index (κ2) is 5.68. The van der Waals surface area contributed by atoms with Crippen molar-refractivity contribution < 1.29 is 0 Å². The van der Waals surface area contributed by atoms with E-state index in [0.717, 1.165) is 10.9 Å². The minimum Gasteiger partial charge on any atom is -0.324 e. The largest absolute Gasteiger partial charge is 0.324 e. The number of benzene rings is 2. The van der Waals surface area contributed by atoms with Gasteiger partial charge in [0, 0.05) is 10.5 Å². The molecule has 0 spiro atoms. The fraction of sp³-hybridized carbons (Fsp3) is 0.250. The Morgan fingerprint density at radius 3 is 2.28 bits per heavy atom. The van der Waals surface area contributed by atoms with E-state index in [4.69, 9.17) is 5.73 Å². The highest BCUT2D eigenvalue weighted by Gasteiger charge is 2.10. The SMILES string of the molecule is Cc1cccc(C)c1CC(N)c1cccc(Br)c1. The van der Waals surface area contributed by atoms with Crippen LogP contribution in [0.25, 0.3) is 0 Å².